The van der Waals surface area contributed by atoms with E-state index >= 15 is 0 Å². The molecule has 9 heavy (non-hydrogen) atoms. The van der Waals surface area contributed by atoms with Gasteiger partial charge in [0.25, 0.3) is 0 Å². The Hall–Kier alpha value is 0.520. The van der Waals surface area contributed by atoms with Crippen molar-refractivity contribution in [2.75, 3.05) is 13.2 Å². The average Bonchev–Trinajstić information content (AvgIpc) is 1.89. The first-order valence-electron chi connectivity index (χ1n) is 3.05. The number of rotatable bonds is 1. The maximum absolute atomic E-state index is 5.75. The molecule has 0 spiro atoms. The Kier molecular flexibility index (Phi) is 3.08. The van der Waals surface area contributed by atoms with Crippen molar-refractivity contribution in [3.8, 4) is 0 Å². The van der Waals surface area contributed by atoms with Crippen LogP contribution >= 0.6 is 20.7 Å². The zero-order valence-electron chi connectivity index (χ0n) is 5.35. The van der Waals surface area contributed by atoms with Crippen LogP contribution in [0.2, 0.25) is 0 Å². The predicted molar refractivity (Wildman–Crippen MR) is 48.3 cm³/mol. The van der Waals surface area contributed by atoms with Crippen LogP contribution in [-0.4, -0.2) is 27.7 Å². The van der Waals surface area contributed by atoms with Crippen molar-refractivity contribution in [3.63, 3.8) is 0 Å². The van der Waals surface area contributed by atoms with Gasteiger partial charge in [0.1, 0.15) is 0 Å². The topological polar surface area (TPSA) is 35.2 Å². The van der Waals surface area contributed by atoms with Crippen molar-refractivity contribution in [3.05, 3.63) is 0 Å². The molecule has 3 heteroatoms. The molecule has 0 radical (unpaired) electrons. The van der Waals surface area contributed by atoms with E-state index in [1.54, 1.807) is 0 Å². The van der Waals surface area contributed by atoms with Crippen LogP contribution < -0.4 is 5.73 Å². The van der Waals surface area contributed by atoms with Gasteiger partial charge in [-0.05, 0) is 6.42 Å². The van der Waals surface area contributed by atoms with Crippen LogP contribution in [0.25, 0.3) is 0 Å². The molecule has 0 aromatic rings. The Morgan fingerprint density at radius 1 is 1.67 bits per heavy atom. The van der Waals surface area contributed by atoms with Gasteiger partial charge in [-0.2, -0.15) is 0 Å². The number of hydrogen-bond acceptors (Lipinski definition) is 2. The molecule has 1 fully saturated rings. The first kappa shape index (κ1) is 7.63. The average molecular weight is 241 g/mol. The van der Waals surface area contributed by atoms with Crippen LogP contribution in [0.5, 0.6) is 0 Å². The zero-order valence-corrected chi connectivity index (χ0v) is 7.50. The summed E-state index contributed by atoms with van der Waals surface area (Å²) in [5.74, 6) is 0. The summed E-state index contributed by atoms with van der Waals surface area (Å²) in [6.07, 6.45) is 1.14. The molecule has 2 N–H and O–H groups in total. The van der Waals surface area contributed by atoms with Gasteiger partial charge in [0.05, 0.1) is 6.61 Å². The second kappa shape index (κ2) is 3.63. The Morgan fingerprint density at radius 3 is 2.89 bits per heavy atom. The number of halogens is 1. The molecule has 0 bridgehead atoms. The van der Waals surface area contributed by atoms with E-state index in [1.165, 1.54) is 0 Å². The summed E-state index contributed by atoms with van der Waals surface area (Å²) >= 11 is 0.0911. The van der Waals surface area contributed by atoms with E-state index in [9.17, 15) is 0 Å². The van der Waals surface area contributed by atoms with Gasteiger partial charge in [-0.15, -0.1) is 20.7 Å². The van der Waals surface area contributed by atoms with Gasteiger partial charge in [0.15, 0.2) is 0 Å². The van der Waals surface area contributed by atoms with Gasteiger partial charge in [-0.3, -0.25) is 0 Å². The minimum absolute atomic E-state index is 0.0911. The minimum atomic E-state index is 0.0911. The zero-order chi connectivity index (χ0) is 6.69. The van der Waals surface area contributed by atoms with Gasteiger partial charge in [-0.1, -0.05) is 4.51 Å². The molecule has 0 saturated carbocycles. The first-order chi connectivity index (χ1) is 4.34. The highest BCUT2D eigenvalue weighted by Crippen LogP contribution is 2.18. The predicted octanol–water partition coefficient (Wildman–Crippen LogP) is 0.505. The summed E-state index contributed by atoms with van der Waals surface area (Å²) in [7, 11) is 0. The molecule has 1 heterocycles. The lowest BCUT2D eigenvalue weighted by Gasteiger charge is -2.24. The van der Waals surface area contributed by atoms with Gasteiger partial charge < -0.3 is 10.5 Å². The van der Waals surface area contributed by atoms with Crippen molar-refractivity contribution in [2.45, 2.75) is 16.4 Å². The lowest BCUT2D eigenvalue weighted by atomic mass is 10.1. The van der Waals surface area contributed by atoms with E-state index < -0.39 is 0 Å². The maximum Gasteiger partial charge on any atom is 0.0627 e. The molecule has 1 rings (SSSR count). The number of alkyl halides is 1. The minimum Gasteiger partial charge on any atom is -0.380 e. The molecule has 1 aliphatic heterocycles. The van der Waals surface area contributed by atoms with Crippen molar-refractivity contribution in [2.24, 2.45) is 5.73 Å². The van der Waals surface area contributed by atoms with Crippen molar-refractivity contribution < 1.29 is 4.74 Å². The third-order valence-corrected chi connectivity index (χ3v) is 4.19. The highest BCUT2D eigenvalue weighted by Gasteiger charge is 2.19. The monoisotopic (exact) mass is 241 g/mol. The lowest BCUT2D eigenvalue weighted by Crippen LogP contribution is -2.40. The highest BCUT2D eigenvalue weighted by atomic mass is 127. The summed E-state index contributed by atoms with van der Waals surface area (Å²) in [4.78, 5) is 0. The van der Waals surface area contributed by atoms with Crippen LogP contribution in [0, 0.1) is 0 Å². The van der Waals surface area contributed by atoms with E-state index in [0.29, 0.717) is 3.92 Å². The smallest absolute Gasteiger partial charge is 0.0627 e. The molecular weight excluding hydrogens is 229 g/mol. The highest BCUT2D eigenvalue weighted by molar-refractivity contribution is 14.2. The van der Waals surface area contributed by atoms with E-state index in [1.807, 2.05) is 0 Å². The van der Waals surface area contributed by atoms with Crippen molar-refractivity contribution in [1.82, 2.24) is 0 Å². The van der Waals surface area contributed by atoms with Crippen LogP contribution in [0.4, 0.5) is 0 Å². The maximum atomic E-state index is 5.75. The molecular formula is C6H12INO. The number of nitrogens with two attached hydrogens (primary N) is 1. The van der Waals surface area contributed by atoms with Crippen molar-refractivity contribution in [1.29, 1.82) is 0 Å². The molecule has 0 amide bonds. The van der Waals surface area contributed by atoms with E-state index in [0.717, 1.165) is 19.6 Å². The van der Waals surface area contributed by atoms with Crippen LogP contribution in [0.15, 0.2) is 0 Å². The molecule has 2 atom stereocenters. The third kappa shape index (κ3) is 1.98. The summed E-state index contributed by atoms with van der Waals surface area (Å²) < 4.78 is 9.82. The Morgan fingerprint density at radius 2 is 2.44 bits per heavy atom. The van der Waals surface area contributed by atoms with Gasteiger partial charge in [0, 0.05) is 16.6 Å². The summed E-state index contributed by atoms with van der Waals surface area (Å²) in [5.41, 5.74) is 5.75. The molecule has 54 valence electrons. The molecule has 1 saturated heterocycles. The first-order valence-corrected chi connectivity index (χ1v) is 5.82. The quantitative estimate of drug-likeness (QED) is 0.536. The lowest BCUT2D eigenvalue weighted by molar-refractivity contribution is 0.0883. The van der Waals surface area contributed by atoms with Crippen LogP contribution in [-0.2, 0) is 4.74 Å². The fourth-order valence-corrected chi connectivity index (χ4v) is 2.48. The molecule has 1 aliphatic rings. The SMILES string of the molecule is C=IC1CCOCC1N. The molecule has 0 aromatic heterocycles. The standard InChI is InChI=1S/C6H12INO/c1-7-5-2-3-9-4-6(5)8/h5-6H,1-4,8H2. The van der Waals surface area contributed by atoms with Gasteiger partial charge >= 0.3 is 0 Å². The van der Waals surface area contributed by atoms with Crippen molar-refractivity contribution >= 4 is 25.2 Å². The summed E-state index contributed by atoms with van der Waals surface area (Å²) in [6, 6.07) is 0.282. The summed E-state index contributed by atoms with van der Waals surface area (Å²) in [6.45, 7) is 1.65. The normalized spacial score (nSPS) is 36.6. The van der Waals surface area contributed by atoms with E-state index in [4.69, 9.17) is 10.5 Å². The Bertz CT molecular complexity index is 107. The Labute approximate surface area is 65.5 Å². The second-order valence-corrected chi connectivity index (χ2v) is 4.68. The van der Waals surface area contributed by atoms with E-state index in [-0.39, 0.29) is 26.8 Å². The van der Waals surface area contributed by atoms with Gasteiger partial charge in [0.2, 0.25) is 0 Å². The molecule has 0 aliphatic carbocycles. The molecule has 0 aromatic carbocycles. The van der Waals surface area contributed by atoms with Gasteiger partial charge in [-0.25, -0.2) is 0 Å². The molecule has 2 unspecified atom stereocenters. The number of ether oxygens (including phenoxy) is 1. The third-order valence-electron chi connectivity index (χ3n) is 1.51. The van der Waals surface area contributed by atoms with Crippen LogP contribution in [0.3, 0.4) is 0 Å². The number of hydrogen-bond donors (Lipinski definition) is 1. The fraction of sp³-hybridized carbons (Fsp3) is 0.833. The largest absolute Gasteiger partial charge is 0.380 e. The van der Waals surface area contributed by atoms with Crippen LogP contribution in [0.1, 0.15) is 6.42 Å². The second-order valence-electron chi connectivity index (χ2n) is 2.20. The fourth-order valence-electron chi connectivity index (χ4n) is 0.925. The summed E-state index contributed by atoms with van der Waals surface area (Å²) in [5, 5.41) is 0. The van der Waals surface area contributed by atoms with E-state index in [2.05, 4.69) is 4.51 Å². The Balaban J connectivity index is 2.38. The molecule has 2 nitrogen and oxygen atoms in total.